The first-order valence-corrected chi connectivity index (χ1v) is 4.98. The molecule has 0 bridgehead atoms. The topological polar surface area (TPSA) is 47.0 Å². The summed E-state index contributed by atoms with van der Waals surface area (Å²) in [5.41, 5.74) is 0. The van der Waals surface area contributed by atoms with Crippen molar-refractivity contribution in [3.8, 4) is 5.88 Å². The fourth-order valence-electron chi connectivity index (χ4n) is 1.27. The van der Waals surface area contributed by atoms with Crippen LogP contribution in [0.3, 0.4) is 0 Å². The average molecular weight is 244 g/mol. The number of aromatic nitrogens is 2. The maximum Gasteiger partial charge on any atom is 0.231 e. The SMILES string of the molecule is Brc1cncnc1OC1CCNC1. The van der Waals surface area contributed by atoms with Crippen molar-refractivity contribution in [2.24, 2.45) is 0 Å². The zero-order valence-electron chi connectivity index (χ0n) is 7.03. The first-order chi connectivity index (χ1) is 6.36. The monoisotopic (exact) mass is 243 g/mol. The van der Waals surface area contributed by atoms with Crippen LogP contribution in [0.4, 0.5) is 0 Å². The van der Waals surface area contributed by atoms with Crippen LogP contribution in [0.1, 0.15) is 6.42 Å². The third-order valence-electron chi connectivity index (χ3n) is 1.93. The fourth-order valence-corrected chi connectivity index (χ4v) is 1.59. The van der Waals surface area contributed by atoms with Gasteiger partial charge >= 0.3 is 0 Å². The van der Waals surface area contributed by atoms with Gasteiger partial charge in [0.2, 0.25) is 5.88 Å². The maximum atomic E-state index is 5.65. The summed E-state index contributed by atoms with van der Waals surface area (Å²) in [5, 5.41) is 3.23. The molecule has 4 nitrogen and oxygen atoms in total. The lowest BCUT2D eigenvalue weighted by molar-refractivity contribution is 0.212. The largest absolute Gasteiger partial charge is 0.472 e. The van der Waals surface area contributed by atoms with E-state index in [0.717, 1.165) is 24.0 Å². The van der Waals surface area contributed by atoms with Crippen molar-refractivity contribution < 1.29 is 4.74 Å². The summed E-state index contributed by atoms with van der Waals surface area (Å²) in [6.45, 7) is 1.92. The molecule has 5 heteroatoms. The molecule has 0 saturated carbocycles. The van der Waals surface area contributed by atoms with E-state index in [9.17, 15) is 0 Å². The van der Waals surface area contributed by atoms with E-state index in [0.29, 0.717) is 5.88 Å². The first kappa shape index (κ1) is 8.90. The van der Waals surface area contributed by atoms with E-state index >= 15 is 0 Å². The van der Waals surface area contributed by atoms with Crippen LogP contribution in [0.2, 0.25) is 0 Å². The molecule has 1 aromatic rings. The van der Waals surface area contributed by atoms with Gasteiger partial charge in [-0.15, -0.1) is 0 Å². The summed E-state index contributed by atoms with van der Waals surface area (Å²) in [5.74, 6) is 0.628. The van der Waals surface area contributed by atoms with Crippen molar-refractivity contribution in [3.63, 3.8) is 0 Å². The Kier molecular flexibility index (Phi) is 2.75. The second-order valence-corrected chi connectivity index (χ2v) is 3.76. The standard InChI is InChI=1S/C8H10BrN3O/c9-7-4-11-5-12-8(7)13-6-1-2-10-3-6/h4-6,10H,1-3H2. The minimum Gasteiger partial charge on any atom is -0.472 e. The predicted octanol–water partition coefficient (Wildman–Crippen LogP) is 0.980. The highest BCUT2D eigenvalue weighted by atomic mass is 79.9. The Labute approximate surface area is 84.9 Å². The van der Waals surface area contributed by atoms with E-state index in [1.165, 1.54) is 6.33 Å². The number of hydrogen-bond acceptors (Lipinski definition) is 4. The van der Waals surface area contributed by atoms with Gasteiger partial charge in [-0.05, 0) is 28.9 Å². The van der Waals surface area contributed by atoms with Gasteiger partial charge in [0, 0.05) is 12.7 Å². The average Bonchev–Trinajstić information content (AvgIpc) is 2.61. The fraction of sp³-hybridized carbons (Fsp3) is 0.500. The van der Waals surface area contributed by atoms with Gasteiger partial charge in [0.15, 0.2) is 0 Å². The zero-order valence-corrected chi connectivity index (χ0v) is 8.62. The van der Waals surface area contributed by atoms with Gasteiger partial charge in [0.1, 0.15) is 12.4 Å². The van der Waals surface area contributed by atoms with Crippen LogP contribution in [0, 0.1) is 0 Å². The van der Waals surface area contributed by atoms with Crippen molar-refractivity contribution in [2.75, 3.05) is 13.1 Å². The van der Waals surface area contributed by atoms with E-state index in [4.69, 9.17) is 4.74 Å². The van der Waals surface area contributed by atoms with Gasteiger partial charge in [0.25, 0.3) is 0 Å². The van der Waals surface area contributed by atoms with E-state index in [1.807, 2.05) is 0 Å². The molecule has 1 aliphatic heterocycles. The van der Waals surface area contributed by atoms with Crippen LogP contribution in [-0.4, -0.2) is 29.2 Å². The van der Waals surface area contributed by atoms with E-state index < -0.39 is 0 Å². The van der Waals surface area contributed by atoms with Gasteiger partial charge in [0.05, 0.1) is 4.47 Å². The molecule has 0 aromatic carbocycles. The molecular formula is C8H10BrN3O. The van der Waals surface area contributed by atoms with Gasteiger partial charge in [-0.25, -0.2) is 9.97 Å². The Morgan fingerprint density at radius 2 is 2.54 bits per heavy atom. The van der Waals surface area contributed by atoms with Crippen molar-refractivity contribution in [2.45, 2.75) is 12.5 Å². The molecule has 1 atom stereocenters. The Morgan fingerprint density at radius 3 is 3.23 bits per heavy atom. The summed E-state index contributed by atoms with van der Waals surface area (Å²) in [6, 6.07) is 0. The molecule has 2 rings (SSSR count). The van der Waals surface area contributed by atoms with Crippen LogP contribution < -0.4 is 10.1 Å². The Hall–Kier alpha value is -0.680. The normalized spacial score (nSPS) is 21.8. The quantitative estimate of drug-likeness (QED) is 0.842. The lowest BCUT2D eigenvalue weighted by atomic mass is 10.3. The smallest absolute Gasteiger partial charge is 0.231 e. The van der Waals surface area contributed by atoms with E-state index in [2.05, 4.69) is 31.2 Å². The molecule has 1 aromatic heterocycles. The molecule has 2 heterocycles. The summed E-state index contributed by atoms with van der Waals surface area (Å²) in [7, 11) is 0. The predicted molar refractivity (Wildman–Crippen MR) is 51.6 cm³/mol. The summed E-state index contributed by atoms with van der Waals surface area (Å²) in [4.78, 5) is 7.90. The molecule has 0 radical (unpaired) electrons. The van der Waals surface area contributed by atoms with E-state index in [1.54, 1.807) is 6.20 Å². The molecule has 0 spiro atoms. The van der Waals surface area contributed by atoms with Gasteiger partial charge in [-0.3, -0.25) is 0 Å². The van der Waals surface area contributed by atoms with E-state index in [-0.39, 0.29) is 6.10 Å². The highest BCUT2D eigenvalue weighted by Gasteiger charge is 2.17. The van der Waals surface area contributed by atoms with Crippen LogP contribution >= 0.6 is 15.9 Å². The Balaban J connectivity index is 2.04. The van der Waals surface area contributed by atoms with Gasteiger partial charge in [-0.2, -0.15) is 0 Å². The van der Waals surface area contributed by atoms with Crippen molar-refractivity contribution in [1.82, 2.24) is 15.3 Å². The highest BCUT2D eigenvalue weighted by Crippen LogP contribution is 2.21. The van der Waals surface area contributed by atoms with Crippen molar-refractivity contribution in [3.05, 3.63) is 17.0 Å². The van der Waals surface area contributed by atoms with Crippen LogP contribution in [0.15, 0.2) is 17.0 Å². The lowest BCUT2D eigenvalue weighted by Gasteiger charge is -2.11. The van der Waals surface area contributed by atoms with Gasteiger partial charge < -0.3 is 10.1 Å². The van der Waals surface area contributed by atoms with Crippen molar-refractivity contribution in [1.29, 1.82) is 0 Å². The molecule has 70 valence electrons. The number of nitrogens with zero attached hydrogens (tertiary/aromatic N) is 2. The summed E-state index contributed by atoms with van der Waals surface area (Å²) in [6.07, 6.45) is 4.45. The maximum absolute atomic E-state index is 5.65. The number of ether oxygens (including phenoxy) is 1. The van der Waals surface area contributed by atoms with Crippen molar-refractivity contribution >= 4 is 15.9 Å². The lowest BCUT2D eigenvalue weighted by Crippen LogP contribution is -2.20. The molecule has 1 N–H and O–H groups in total. The Bertz CT molecular complexity index is 288. The molecular weight excluding hydrogens is 234 g/mol. The molecule has 1 aliphatic rings. The number of halogens is 1. The minimum absolute atomic E-state index is 0.242. The second-order valence-electron chi connectivity index (χ2n) is 2.91. The second kappa shape index (κ2) is 4.02. The minimum atomic E-state index is 0.242. The number of rotatable bonds is 2. The third kappa shape index (κ3) is 2.16. The molecule has 0 aliphatic carbocycles. The molecule has 1 unspecified atom stereocenters. The molecule has 13 heavy (non-hydrogen) atoms. The number of nitrogens with one attached hydrogen (secondary N) is 1. The Morgan fingerprint density at radius 1 is 1.62 bits per heavy atom. The van der Waals surface area contributed by atoms with Crippen LogP contribution in [0.5, 0.6) is 5.88 Å². The molecule has 0 amide bonds. The third-order valence-corrected chi connectivity index (χ3v) is 2.47. The molecule has 1 saturated heterocycles. The summed E-state index contributed by atoms with van der Waals surface area (Å²) >= 11 is 3.33. The highest BCUT2D eigenvalue weighted by molar-refractivity contribution is 9.10. The summed E-state index contributed by atoms with van der Waals surface area (Å²) < 4.78 is 6.45. The van der Waals surface area contributed by atoms with Gasteiger partial charge in [-0.1, -0.05) is 0 Å². The first-order valence-electron chi connectivity index (χ1n) is 4.19. The van der Waals surface area contributed by atoms with Crippen LogP contribution in [-0.2, 0) is 0 Å². The zero-order chi connectivity index (χ0) is 9.10. The number of hydrogen-bond donors (Lipinski definition) is 1. The van der Waals surface area contributed by atoms with Crippen LogP contribution in [0.25, 0.3) is 0 Å². The molecule has 1 fully saturated rings.